The van der Waals surface area contributed by atoms with Crippen molar-refractivity contribution in [2.24, 2.45) is 0 Å². The average molecular weight is 362 g/mol. The lowest BCUT2D eigenvalue weighted by molar-refractivity contribution is 0.0952. The first-order chi connectivity index (χ1) is 13.0. The van der Waals surface area contributed by atoms with Gasteiger partial charge >= 0.3 is 0 Å². The Morgan fingerprint density at radius 2 is 1.63 bits per heavy atom. The number of hydrogen-bond acceptors (Lipinski definition) is 2. The van der Waals surface area contributed by atoms with Crippen molar-refractivity contribution in [3.8, 4) is 0 Å². The minimum absolute atomic E-state index is 0.185. The minimum atomic E-state index is -0.494. The molecule has 0 fully saturated rings. The van der Waals surface area contributed by atoms with E-state index in [-0.39, 0.29) is 11.5 Å². The molecule has 0 aliphatic rings. The Morgan fingerprint density at radius 3 is 2.37 bits per heavy atom. The molecular weight excluding hydrogens is 343 g/mol. The van der Waals surface area contributed by atoms with E-state index in [1.54, 1.807) is 24.3 Å². The van der Waals surface area contributed by atoms with E-state index < -0.39 is 11.7 Å². The van der Waals surface area contributed by atoms with E-state index in [1.165, 1.54) is 18.2 Å². The van der Waals surface area contributed by atoms with Gasteiger partial charge in [-0.25, -0.2) is 4.39 Å². The third-order valence-electron chi connectivity index (χ3n) is 4.08. The molecule has 0 unspecified atom stereocenters. The van der Waals surface area contributed by atoms with Crippen LogP contribution in [-0.4, -0.2) is 11.8 Å². The summed E-state index contributed by atoms with van der Waals surface area (Å²) >= 11 is 0. The van der Waals surface area contributed by atoms with Crippen LogP contribution >= 0.6 is 0 Å². The Labute approximate surface area is 157 Å². The number of carbonyl (C=O) groups is 2. The van der Waals surface area contributed by atoms with Crippen LogP contribution in [0.1, 0.15) is 31.8 Å². The van der Waals surface area contributed by atoms with Crippen LogP contribution in [0.15, 0.2) is 72.8 Å². The minimum Gasteiger partial charge on any atom is -0.348 e. The molecule has 3 rings (SSSR count). The van der Waals surface area contributed by atoms with Crippen LogP contribution in [0.2, 0.25) is 0 Å². The van der Waals surface area contributed by atoms with Crippen LogP contribution in [0.3, 0.4) is 0 Å². The Hall–Kier alpha value is -3.47. The van der Waals surface area contributed by atoms with Crippen LogP contribution in [0.25, 0.3) is 0 Å². The van der Waals surface area contributed by atoms with Gasteiger partial charge in [0, 0.05) is 12.1 Å². The van der Waals surface area contributed by atoms with E-state index in [0.29, 0.717) is 17.8 Å². The Kier molecular flexibility index (Phi) is 5.61. The van der Waals surface area contributed by atoms with Crippen molar-refractivity contribution in [1.29, 1.82) is 0 Å². The van der Waals surface area contributed by atoms with Gasteiger partial charge in [-0.1, -0.05) is 48.0 Å². The van der Waals surface area contributed by atoms with Gasteiger partial charge in [0.2, 0.25) is 0 Å². The van der Waals surface area contributed by atoms with Crippen LogP contribution in [0.4, 0.5) is 10.1 Å². The van der Waals surface area contributed by atoms with Crippen molar-refractivity contribution in [3.63, 3.8) is 0 Å². The largest absolute Gasteiger partial charge is 0.348 e. The number of amides is 2. The predicted molar refractivity (Wildman–Crippen MR) is 103 cm³/mol. The number of aryl methyl sites for hydroxylation is 1. The highest BCUT2D eigenvalue weighted by atomic mass is 19.1. The molecule has 3 aromatic rings. The average Bonchev–Trinajstić information content (AvgIpc) is 2.67. The highest BCUT2D eigenvalue weighted by molar-refractivity contribution is 6.08. The summed E-state index contributed by atoms with van der Waals surface area (Å²) < 4.78 is 13.3. The zero-order valence-corrected chi connectivity index (χ0v) is 14.8. The summed E-state index contributed by atoms with van der Waals surface area (Å²) in [5, 5.41) is 5.52. The summed E-state index contributed by atoms with van der Waals surface area (Å²) in [6, 6.07) is 20.0. The highest BCUT2D eigenvalue weighted by Gasteiger charge is 2.14. The fraction of sp³-hybridized carbons (Fsp3) is 0.0909. The molecule has 0 saturated heterocycles. The molecule has 0 spiro atoms. The third-order valence-corrected chi connectivity index (χ3v) is 4.08. The van der Waals surface area contributed by atoms with Gasteiger partial charge in [-0.2, -0.15) is 0 Å². The molecule has 0 aromatic heterocycles. The number of nitrogens with one attached hydrogen (secondary N) is 2. The zero-order valence-electron chi connectivity index (χ0n) is 14.8. The van der Waals surface area contributed by atoms with E-state index >= 15 is 0 Å². The van der Waals surface area contributed by atoms with Crippen molar-refractivity contribution < 1.29 is 14.0 Å². The second kappa shape index (κ2) is 8.27. The number of benzene rings is 3. The molecule has 136 valence electrons. The summed E-state index contributed by atoms with van der Waals surface area (Å²) in [5.74, 6) is -1.27. The summed E-state index contributed by atoms with van der Waals surface area (Å²) in [7, 11) is 0. The maximum absolute atomic E-state index is 13.3. The van der Waals surface area contributed by atoms with Crippen molar-refractivity contribution >= 4 is 17.5 Å². The standard InChI is InChI=1S/C22H19FN2O2/c1-15-9-11-16(12-10-15)14-24-22(27)19-7-2-3-8-20(19)25-21(26)17-5-4-6-18(23)13-17/h2-13H,14H2,1H3,(H,24,27)(H,25,26). The molecule has 2 amide bonds. The Bertz CT molecular complexity index is 968. The molecule has 4 nitrogen and oxygen atoms in total. The molecule has 3 aromatic carbocycles. The molecule has 0 heterocycles. The van der Waals surface area contributed by atoms with Crippen molar-refractivity contribution in [3.05, 3.63) is 101 Å². The molecule has 0 radical (unpaired) electrons. The van der Waals surface area contributed by atoms with Gasteiger partial charge in [0.05, 0.1) is 11.3 Å². The van der Waals surface area contributed by atoms with Gasteiger partial charge in [0.1, 0.15) is 5.82 Å². The lowest BCUT2D eigenvalue weighted by atomic mass is 10.1. The van der Waals surface area contributed by atoms with E-state index in [4.69, 9.17) is 0 Å². The molecule has 0 aliphatic carbocycles. The molecule has 0 bridgehead atoms. The topological polar surface area (TPSA) is 58.2 Å². The molecule has 5 heteroatoms. The maximum Gasteiger partial charge on any atom is 0.255 e. The van der Waals surface area contributed by atoms with Gasteiger partial charge in [-0.3, -0.25) is 9.59 Å². The monoisotopic (exact) mass is 362 g/mol. The molecular formula is C22H19FN2O2. The first-order valence-corrected chi connectivity index (χ1v) is 8.52. The smallest absolute Gasteiger partial charge is 0.255 e. The molecule has 0 aliphatic heterocycles. The number of rotatable bonds is 5. The third kappa shape index (κ3) is 4.79. The van der Waals surface area contributed by atoms with Crippen LogP contribution in [0.5, 0.6) is 0 Å². The summed E-state index contributed by atoms with van der Waals surface area (Å²) in [5.41, 5.74) is 3.03. The number of hydrogen-bond donors (Lipinski definition) is 2. The molecule has 0 saturated carbocycles. The first-order valence-electron chi connectivity index (χ1n) is 8.52. The fourth-order valence-corrected chi connectivity index (χ4v) is 2.60. The van der Waals surface area contributed by atoms with E-state index in [9.17, 15) is 14.0 Å². The lowest BCUT2D eigenvalue weighted by Gasteiger charge is -2.12. The van der Waals surface area contributed by atoms with E-state index in [0.717, 1.165) is 17.2 Å². The van der Waals surface area contributed by atoms with Crippen molar-refractivity contribution in [2.45, 2.75) is 13.5 Å². The molecule has 0 atom stereocenters. The second-order valence-corrected chi connectivity index (χ2v) is 6.18. The van der Waals surface area contributed by atoms with Crippen LogP contribution in [-0.2, 0) is 6.54 Å². The first kappa shape index (κ1) is 18.3. The molecule has 2 N–H and O–H groups in total. The Balaban J connectivity index is 1.72. The van der Waals surface area contributed by atoms with E-state index in [1.807, 2.05) is 31.2 Å². The number of para-hydroxylation sites is 1. The number of halogens is 1. The van der Waals surface area contributed by atoms with Gasteiger partial charge in [-0.05, 0) is 42.8 Å². The van der Waals surface area contributed by atoms with Gasteiger partial charge < -0.3 is 10.6 Å². The second-order valence-electron chi connectivity index (χ2n) is 6.18. The predicted octanol–water partition coefficient (Wildman–Crippen LogP) is 4.32. The lowest BCUT2D eigenvalue weighted by Crippen LogP contribution is -2.24. The Morgan fingerprint density at radius 1 is 0.889 bits per heavy atom. The normalized spacial score (nSPS) is 10.3. The van der Waals surface area contributed by atoms with Crippen LogP contribution in [0, 0.1) is 12.7 Å². The maximum atomic E-state index is 13.3. The summed E-state index contributed by atoms with van der Waals surface area (Å²) in [4.78, 5) is 24.9. The van der Waals surface area contributed by atoms with Gasteiger partial charge in [0.15, 0.2) is 0 Å². The SMILES string of the molecule is Cc1ccc(CNC(=O)c2ccccc2NC(=O)c2cccc(F)c2)cc1. The number of carbonyl (C=O) groups excluding carboxylic acids is 2. The van der Waals surface area contributed by atoms with Crippen molar-refractivity contribution in [2.75, 3.05) is 5.32 Å². The molecule has 27 heavy (non-hydrogen) atoms. The number of anilines is 1. The zero-order chi connectivity index (χ0) is 19.2. The van der Waals surface area contributed by atoms with E-state index in [2.05, 4.69) is 10.6 Å². The summed E-state index contributed by atoms with van der Waals surface area (Å²) in [6.45, 7) is 2.38. The highest BCUT2D eigenvalue weighted by Crippen LogP contribution is 2.17. The van der Waals surface area contributed by atoms with Crippen molar-refractivity contribution in [1.82, 2.24) is 5.32 Å². The van der Waals surface area contributed by atoms with Gasteiger partial charge in [0.25, 0.3) is 11.8 Å². The summed E-state index contributed by atoms with van der Waals surface area (Å²) in [6.07, 6.45) is 0. The van der Waals surface area contributed by atoms with Gasteiger partial charge in [-0.15, -0.1) is 0 Å². The van der Waals surface area contributed by atoms with Crippen LogP contribution < -0.4 is 10.6 Å². The quantitative estimate of drug-likeness (QED) is 0.710. The fourth-order valence-electron chi connectivity index (χ4n) is 2.60.